The van der Waals surface area contributed by atoms with Gasteiger partial charge in [-0.05, 0) is 41.5 Å². The fourth-order valence-corrected chi connectivity index (χ4v) is 6.55. The molecule has 1 unspecified atom stereocenters. The number of fused-ring (bicyclic) bond motifs is 1. The lowest BCUT2D eigenvalue weighted by Crippen LogP contribution is -2.29. The van der Waals surface area contributed by atoms with Crippen molar-refractivity contribution in [1.82, 2.24) is 10.2 Å². The van der Waals surface area contributed by atoms with Crippen LogP contribution in [0.5, 0.6) is 11.5 Å². The molecule has 2 aliphatic heterocycles. The first-order valence-corrected chi connectivity index (χ1v) is 14.7. The molecule has 208 valence electrons. The van der Waals surface area contributed by atoms with Crippen LogP contribution in [0.3, 0.4) is 0 Å². The van der Waals surface area contributed by atoms with E-state index in [0.29, 0.717) is 45.9 Å². The highest BCUT2D eigenvalue weighted by Gasteiger charge is 2.48. The Labute approximate surface area is 245 Å². The van der Waals surface area contributed by atoms with E-state index < -0.39 is 17.7 Å². The Hall–Kier alpha value is -4.35. The fourth-order valence-electron chi connectivity index (χ4n) is 4.72. The highest BCUT2D eigenvalue weighted by atomic mass is 32.2. The number of rotatable bonds is 7. The minimum absolute atomic E-state index is 0.0297. The molecule has 1 saturated heterocycles. The second kappa shape index (κ2) is 11.3. The maximum atomic E-state index is 13.5. The van der Waals surface area contributed by atoms with Gasteiger partial charge in [-0.3, -0.25) is 14.5 Å². The molecule has 0 saturated carbocycles. The zero-order valence-corrected chi connectivity index (χ0v) is 23.9. The molecule has 0 radical (unpaired) electrons. The van der Waals surface area contributed by atoms with Crippen molar-refractivity contribution in [1.29, 1.82) is 0 Å². The fraction of sp³-hybridized carbons (Fsp3) is 0.200. The van der Waals surface area contributed by atoms with Gasteiger partial charge < -0.3 is 19.5 Å². The van der Waals surface area contributed by atoms with E-state index in [1.807, 2.05) is 73.6 Å². The molecule has 41 heavy (non-hydrogen) atoms. The number of amides is 1. The Morgan fingerprint density at radius 1 is 1.00 bits per heavy atom. The third-order valence-corrected chi connectivity index (χ3v) is 8.92. The first-order valence-electron chi connectivity index (χ1n) is 12.9. The average molecular weight is 587 g/mol. The van der Waals surface area contributed by atoms with Crippen molar-refractivity contribution in [3.05, 3.63) is 95.1 Å². The van der Waals surface area contributed by atoms with Gasteiger partial charge in [-0.15, -0.1) is 10.2 Å². The average Bonchev–Trinajstić information content (AvgIpc) is 3.57. The van der Waals surface area contributed by atoms with Gasteiger partial charge in [0.2, 0.25) is 5.13 Å². The Bertz CT molecular complexity index is 1640. The van der Waals surface area contributed by atoms with Crippen LogP contribution < -0.4 is 19.3 Å². The molecule has 1 N–H and O–H groups in total. The number of nitrogens with zero attached hydrogens (tertiary/aromatic N) is 4. The summed E-state index contributed by atoms with van der Waals surface area (Å²) in [5.41, 5.74) is 3.06. The number of ketones is 1. The molecule has 6 rings (SSSR count). The summed E-state index contributed by atoms with van der Waals surface area (Å²) in [6, 6.07) is 21.5. The van der Waals surface area contributed by atoms with E-state index in [4.69, 9.17) is 9.47 Å². The number of carbonyl (C=O) groups is 2. The molecule has 1 aromatic heterocycles. The molecule has 11 heteroatoms. The van der Waals surface area contributed by atoms with E-state index in [-0.39, 0.29) is 16.5 Å². The Morgan fingerprint density at radius 3 is 2.46 bits per heavy atom. The molecule has 0 aliphatic carbocycles. The molecule has 1 atom stereocenters. The lowest BCUT2D eigenvalue weighted by molar-refractivity contribution is -0.132. The quantitative estimate of drug-likeness (QED) is 0.102. The predicted molar refractivity (Wildman–Crippen MR) is 159 cm³/mol. The first-order chi connectivity index (χ1) is 19.9. The number of aliphatic hydroxyl groups is 1. The van der Waals surface area contributed by atoms with Crippen molar-refractivity contribution in [2.45, 2.75) is 16.1 Å². The van der Waals surface area contributed by atoms with Gasteiger partial charge in [-0.2, -0.15) is 0 Å². The highest BCUT2D eigenvalue weighted by Crippen LogP contribution is 2.45. The van der Waals surface area contributed by atoms with Crippen molar-refractivity contribution in [2.75, 3.05) is 37.1 Å². The summed E-state index contributed by atoms with van der Waals surface area (Å²) in [5.74, 6) is -0.167. The van der Waals surface area contributed by atoms with Crippen molar-refractivity contribution < 1.29 is 24.2 Å². The third kappa shape index (κ3) is 5.25. The number of thioether (sulfide) groups is 1. The second-order valence-electron chi connectivity index (χ2n) is 9.64. The van der Waals surface area contributed by atoms with Gasteiger partial charge >= 0.3 is 5.91 Å². The summed E-state index contributed by atoms with van der Waals surface area (Å²) in [4.78, 5) is 30.4. The summed E-state index contributed by atoms with van der Waals surface area (Å²) < 4.78 is 11.9. The number of hydrogen-bond acceptors (Lipinski definition) is 10. The van der Waals surface area contributed by atoms with Crippen molar-refractivity contribution in [3.63, 3.8) is 0 Å². The molecule has 1 fully saturated rings. The number of carbonyl (C=O) groups excluding carboxylic acids is 2. The minimum atomic E-state index is -0.903. The summed E-state index contributed by atoms with van der Waals surface area (Å²) in [7, 11) is 3.86. The molecular formula is C30H26N4O5S2. The third-order valence-electron chi connectivity index (χ3n) is 6.79. The summed E-state index contributed by atoms with van der Waals surface area (Å²) >= 11 is 2.74. The maximum absolute atomic E-state index is 13.5. The Kier molecular flexibility index (Phi) is 7.38. The van der Waals surface area contributed by atoms with Crippen LogP contribution in [0.2, 0.25) is 0 Å². The van der Waals surface area contributed by atoms with E-state index >= 15 is 0 Å². The standard InChI is InChI=1S/C30H26N4O5S2/c1-33(2)21-11-8-19(9-12-21)25-24(26(35)20-10-13-22-23(16-20)39-15-14-38-22)27(36)28(37)34(25)29-31-32-30(41-29)40-17-18-6-4-3-5-7-18/h3-13,16,25,35H,14-15,17H2,1-2H3/b26-24+. The molecule has 9 nitrogen and oxygen atoms in total. The number of Topliss-reactive ketones (excluding diaryl/α,β-unsaturated/α-hetero) is 1. The van der Waals surface area contributed by atoms with E-state index in [1.165, 1.54) is 28.0 Å². The minimum Gasteiger partial charge on any atom is -0.507 e. The normalized spacial score (nSPS) is 17.6. The summed E-state index contributed by atoms with van der Waals surface area (Å²) in [6.45, 7) is 0.807. The van der Waals surface area contributed by atoms with Crippen LogP contribution in [-0.2, 0) is 15.3 Å². The Morgan fingerprint density at radius 2 is 1.73 bits per heavy atom. The molecule has 0 spiro atoms. The lowest BCUT2D eigenvalue weighted by Gasteiger charge is -2.23. The van der Waals surface area contributed by atoms with E-state index in [0.717, 1.165) is 11.3 Å². The predicted octanol–water partition coefficient (Wildman–Crippen LogP) is 5.29. The molecular weight excluding hydrogens is 560 g/mol. The smallest absolute Gasteiger partial charge is 0.301 e. The monoisotopic (exact) mass is 586 g/mol. The SMILES string of the molecule is CN(C)c1ccc(C2/C(=C(\O)c3ccc4c(c3)OCCO4)C(=O)C(=O)N2c2nnc(SCc3ccccc3)s2)cc1. The van der Waals surface area contributed by atoms with Crippen molar-refractivity contribution in [2.24, 2.45) is 0 Å². The summed E-state index contributed by atoms with van der Waals surface area (Å²) in [5, 5.41) is 20.4. The second-order valence-corrected chi connectivity index (χ2v) is 11.8. The molecule has 3 aromatic carbocycles. The molecule has 3 heterocycles. The van der Waals surface area contributed by atoms with E-state index in [1.54, 1.807) is 18.2 Å². The van der Waals surface area contributed by atoms with Crippen LogP contribution in [0, 0.1) is 0 Å². The van der Waals surface area contributed by atoms with Gasteiger partial charge in [0.15, 0.2) is 15.8 Å². The van der Waals surface area contributed by atoms with Gasteiger partial charge in [0.1, 0.15) is 19.0 Å². The van der Waals surface area contributed by atoms with Crippen molar-refractivity contribution in [3.8, 4) is 11.5 Å². The first kappa shape index (κ1) is 26.9. The zero-order chi connectivity index (χ0) is 28.5. The van der Waals surface area contributed by atoms with Crippen LogP contribution in [0.4, 0.5) is 10.8 Å². The van der Waals surface area contributed by atoms with E-state index in [9.17, 15) is 14.7 Å². The van der Waals surface area contributed by atoms with Crippen LogP contribution in [0.15, 0.2) is 82.7 Å². The number of hydrogen-bond donors (Lipinski definition) is 1. The van der Waals surface area contributed by atoms with Gasteiger partial charge in [-0.25, -0.2) is 0 Å². The largest absolute Gasteiger partial charge is 0.507 e. The highest BCUT2D eigenvalue weighted by molar-refractivity contribution is 8.00. The van der Waals surface area contributed by atoms with Gasteiger partial charge in [0, 0.05) is 31.1 Å². The lowest BCUT2D eigenvalue weighted by atomic mass is 9.95. The zero-order valence-electron chi connectivity index (χ0n) is 22.3. The van der Waals surface area contributed by atoms with Crippen LogP contribution in [-0.4, -0.2) is 54.3 Å². The van der Waals surface area contributed by atoms with Crippen LogP contribution in [0.1, 0.15) is 22.7 Å². The van der Waals surface area contributed by atoms with E-state index in [2.05, 4.69) is 10.2 Å². The molecule has 1 amide bonds. The molecule has 2 aliphatic rings. The number of anilines is 2. The Balaban J connectivity index is 1.40. The van der Waals surface area contributed by atoms with Gasteiger partial charge in [0.25, 0.3) is 5.78 Å². The van der Waals surface area contributed by atoms with Gasteiger partial charge in [0.05, 0.1) is 11.6 Å². The molecule has 4 aromatic rings. The van der Waals surface area contributed by atoms with Crippen molar-refractivity contribution >= 4 is 51.4 Å². The number of aromatic nitrogens is 2. The van der Waals surface area contributed by atoms with Gasteiger partial charge in [-0.1, -0.05) is 65.6 Å². The number of benzene rings is 3. The maximum Gasteiger partial charge on any atom is 0.301 e. The topological polar surface area (TPSA) is 105 Å². The molecule has 0 bridgehead atoms. The van der Waals surface area contributed by atoms with Crippen LogP contribution in [0.25, 0.3) is 5.76 Å². The summed E-state index contributed by atoms with van der Waals surface area (Å²) in [6.07, 6.45) is 0. The number of ether oxygens (including phenoxy) is 2. The van der Waals surface area contributed by atoms with Crippen LogP contribution >= 0.6 is 23.1 Å². The number of aliphatic hydroxyl groups excluding tert-OH is 1.